The summed E-state index contributed by atoms with van der Waals surface area (Å²) in [7, 11) is 0. The quantitative estimate of drug-likeness (QED) is 0.512. The van der Waals surface area contributed by atoms with Crippen molar-refractivity contribution >= 4 is 11.6 Å². The van der Waals surface area contributed by atoms with Gasteiger partial charge in [-0.15, -0.1) is 0 Å². The van der Waals surface area contributed by atoms with E-state index in [0.717, 1.165) is 16.6 Å². The fraction of sp³-hybridized carbons (Fsp3) is 0.250. The average molecular weight is 174 g/mol. The molecule has 0 fully saturated rings. The lowest BCUT2D eigenvalue weighted by Crippen LogP contribution is -2.70. The predicted molar refractivity (Wildman–Crippen MR) is 47.8 cm³/mol. The summed E-state index contributed by atoms with van der Waals surface area (Å²) in [6.45, 7) is 7.19. The number of hydrogen-bond acceptors (Lipinski definition) is 1. The predicted octanol–water partition coefficient (Wildman–Crippen LogP) is 1.65. The van der Waals surface area contributed by atoms with Crippen molar-refractivity contribution < 1.29 is 5.48 Å². The topological polar surface area (TPSA) is 39.7 Å². The molecule has 0 aliphatic heterocycles. The Balaban J connectivity index is 4.59. The van der Waals surface area contributed by atoms with Crippen LogP contribution < -0.4 is 5.48 Å². The Morgan fingerprint density at radius 1 is 1.55 bits per heavy atom. The summed E-state index contributed by atoms with van der Waals surface area (Å²) in [6.07, 6.45) is 3.03. The summed E-state index contributed by atoms with van der Waals surface area (Å²) < 4.78 is 0. The Labute approximate surface area is 71.8 Å². The smallest absolute Gasteiger partial charge is 0.0958 e. The second-order valence-electron chi connectivity index (χ2n) is 2.16. The maximum atomic E-state index is 10.1. The van der Waals surface area contributed by atoms with Crippen molar-refractivity contribution in [3.63, 3.8) is 0 Å². The van der Waals surface area contributed by atoms with E-state index in [1.807, 2.05) is 13.8 Å². The van der Waals surface area contributed by atoms with Crippen LogP contribution in [0.1, 0.15) is 13.8 Å². The van der Waals surface area contributed by atoms with Gasteiger partial charge in [-0.2, -0.15) is 0 Å². The first-order valence-electron chi connectivity index (χ1n) is 3.24. The van der Waals surface area contributed by atoms with Crippen LogP contribution in [0.4, 0.5) is 0 Å². The summed E-state index contributed by atoms with van der Waals surface area (Å²) in [5, 5.41) is 10.6. The summed E-state index contributed by atoms with van der Waals surface area (Å²) in [5.41, 5.74) is 2.49. The Morgan fingerprint density at radius 3 is 2.45 bits per heavy atom. The van der Waals surface area contributed by atoms with Gasteiger partial charge in [0.25, 0.3) is 0 Å². The van der Waals surface area contributed by atoms with Gasteiger partial charge in [0.15, 0.2) is 0 Å². The average Bonchev–Trinajstić information content (AvgIpc) is 2.02. The van der Waals surface area contributed by atoms with Gasteiger partial charge in [-0.3, -0.25) is 0 Å². The molecular weight excluding hydrogens is 162 g/mol. The molecule has 0 spiro atoms. The van der Waals surface area contributed by atoms with Crippen LogP contribution in [0.25, 0.3) is 0 Å². The third-order valence-corrected chi connectivity index (χ3v) is 1.88. The highest BCUT2D eigenvalue weighted by Gasteiger charge is 1.97. The van der Waals surface area contributed by atoms with E-state index < -0.39 is 0 Å². The third kappa shape index (κ3) is 3.37. The summed E-state index contributed by atoms with van der Waals surface area (Å²) in [4.78, 5) is 0. The molecule has 0 aromatic rings. The standard InChI is InChI=1S/C8H12ClNO/c1-4-8(9)7(3)6(2)5-10-11/h4-5H,1,10H2,2-3H3/b6-5-,8-7+. The molecule has 2 N–H and O–H groups in total. The monoisotopic (exact) mass is 173 g/mol. The number of halogens is 1. The molecule has 0 aromatic heterocycles. The van der Waals surface area contributed by atoms with Gasteiger partial charge in [0.2, 0.25) is 0 Å². The summed E-state index contributed by atoms with van der Waals surface area (Å²) >= 11 is 5.75. The number of hydrogen-bond donors (Lipinski definition) is 1. The number of nitrogens with two attached hydrogens (primary N) is 1. The van der Waals surface area contributed by atoms with Crippen LogP contribution in [0.3, 0.4) is 0 Å². The van der Waals surface area contributed by atoms with E-state index in [1.165, 1.54) is 6.20 Å². The Bertz CT molecular complexity index is 206. The molecule has 0 aliphatic rings. The third-order valence-electron chi connectivity index (χ3n) is 1.45. The zero-order chi connectivity index (χ0) is 8.85. The fourth-order valence-corrected chi connectivity index (χ4v) is 0.718. The molecule has 62 valence electrons. The van der Waals surface area contributed by atoms with Gasteiger partial charge in [0.1, 0.15) is 0 Å². The minimum Gasteiger partial charge on any atom is -0.631 e. The van der Waals surface area contributed by atoms with E-state index in [1.54, 1.807) is 6.08 Å². The molecule has 0 aliphatic carbocycles. The highest BCUT2D eigenvalue weighted by atomic mass is 35.5. The molecule has 0 rings (SSSR count). The molecule has 0 saturated carbocycles. The second kappa shape index (κ2) is 5.13. The molecule has 0 unspecified atom stereocenters. The molecule has 0 amide bonds. The first kappa shape index (κ1) is 10.4. The Hall–Kier alpha value is -0.570. The van der Waals surface area contributed by atoms with Crippen molar-refractivity contribution in [2.75, 3.05) is 0 Å². The molecule has 0 bridgehead atoms. The van der Waals surface area contributed by atoms with E-state index in [0.29, 0.717) is 5.03 Å². The lowest BCUT2D eigenvalue weighted by molar-refractivity contribution is -0.515. The first-order valence-corrected chi connectivity index (χ1v) is 3.62. The van der Waals surface area contributed by atoms with Crippen molar-refractivity contribution in [3.8, 4) is 0 Å². The summed E-state index contributed by atoms with van der Waals surface area (Å²) in [6, 6.07) is 0. The van der Waals surface area contributed by atoms with Crippen LogP contribution in [-0.2, 0) is 0 Å². The van der Waals surface area contributed by atoms with Gasteiger partial charge < -0.3 is 10.7 Å². The highest BCUT2D eigenvalue weighted by molar-refractivity contribution is 6.31. The molecule has 0 atom stereocenters. The van der Waals surface area contributed by atoms with Gasteiger partial charge in [-0.05, 0) is 19.4 Å². The normalized spacial score (nSPS) is 14.4. The van der Waals surface area contributed by atoms with Gasteiger partial charge >= 0.3 is 0 Å². The van der Waals surface area contributed by atoms with Crippen LogP contribution in [0, 0.1) is 5.21 Å². The molecule has 0 aromatic carbocycles. The summed E-state index contributed by atoms with van der Waals surface area (Å²) in [5.74, 6) is 0. The van der Waals surface area contributed by atoms with E-state index in [2.05, 4.69) is 6.58 Å². The van der Waals surface area contributed by atoms with Gasteiger partial charge in [0.05, 0.1) is 6.20 Å². The number of hydroxylamine groups is 1. The van der Waals surface area contributed by atoms with Crippen LogP contribution in [0.15, 0.2) is 35.0 Å². The number of allylic oxidation sites excluding steroid dienone is 4. The molecular formula is C8H12ClNO. The van der Waals surface area contributed by atoms with Crippen molar-refractivity contribution in [1.82, 2.24) is 0 Å². The Morgan fingerprint density at radius 2 is 2.09 bits per heavy atom. The lowest BCUT2D eigenvalue weighted by atomic mass is 10.1. The van der Waals surface area contributed by atoms with E-state index in [9.17, 15) is 5.21 Å². The SMILES string of the molecule is C=C/C(Cl)=C(C)\C(C)=C/[NH2+][O-]. The second-order valence-corrected chi connectivity index (χ2v) is 2.57. The van der Waals surface area contributed by atoms with Crippen molar-refractivity contribution in [2.24, 2.45) is 0 Å². The van der Waals surface area contributed by atoms with Gasteiger partial charge in [-0.25, -0.2) is 0 Å². The van der Waals surface area contributed by atoms with E-state index in [4.69, 9.17) is 11.6 Å². The lowest BCUT2D eigenvalue weighted by Gasteiger charge is -2.01. The molecule has 0 radical (unpaired) electrons. The van der Waals surface area contributed by atoms with Gasteiger partial charge in [0, 0.05) is 10.6 Å². The maximum absolute atomic E-state index is 10.1. The zero-order valence-corrected chi connectivity index (χ0v) is 7.48. The highest BCUT2D eigenvalue weighted by Crippen LogP contribution is 2.16. The van der Waals surface area contributed by atoms with Crippen molar-refractivity contribution in [3.05, 3.63) is 40.2 Å². The van der Waals surface area contributed by atoms with E-state index in [-0.39, 0.29) is 0 Å². The van der Waals surface area contributed by atoms with E-state index >= 15 is 0 Å². The van der Waals surface area contributed by atoms with Crippen LogP contribution in [0.5, 0.6) is 0 Å². The molecule has 3 heteroatoms. The largest absolute Gasteiger partial charge is 0.631 e. The molecule has 11 heavy (non-hydrogen) atoms. The Kier molecular flexibility index (Phi) is 4.86. The molecule has 0 heterocycles. The minimum atomic E-state index is 0.584. The molecule has 2 nitrogen and oxygen atoms in total. The fourth-order valence-electron chi connectivity index (χ4n) is 0.569. The van der Waals surface area contributed by atoms with Crippen molar-refractivity contribution in [2.45, 2.75) is 13.8 Å². The zero-order valence-electron chi connectivity index (χ0n) is 6.73. The minimum absolute atomic E-state index is 0.584. The van der Waals surface area contributed by atoms with Crippen LogP contribution in [0.2, 0.25) is 0 Å². The number of rotatable bonds is 3. The van der Waals surface area contributed by atoms with Crippen LogP contribution in [-0.4, -0.2) is 0 Å². The first-order chi connectivity index (χ1) is 5.13. The van der Waals surface area contributed by atoms with Crippen molar-refractivity contribution in [1.29, 1.82) is 0 Å². The van der Waals surface area contributed by atoms with Gasteiger partial charge in [-0.1, -0.05) is 24.3 Å². The molecule has 0 saturated heterocycles. The van der Waals surface area contributed by atoms with Crippen LogP contribution >= 0.6 is 11.6 Å². The number of quaternary nitrogens is 1. The maximum Gasteiger partial charge on any atom is 0.0958 e.